The fourth-order valence-electron chi connectivity index (χ4n) is 2.35. The van der Waals surface area contributed by atoms with E-state index in [4.69, 9.17) is 0 Å². The van der Waals surface area contributed by atoms with Crippen molar-refractivity contribution in [1.82, 2.24) is 9.88 Å². The first-order valence-corrected chi connectivity index (χ1v) is 6.56. The fraction of sp³-hybridized carbons (Fsp3) is 0.615. The van der Waals surface area contributed by atoms with Gasteiger partial charge in [-0.1, -0.05) is 0 Å². The number of rotatable bonds is 3. The van der Waals surface area contributed by atoms with Crippen LogP contribution in [0, 0.1) is 0 Å². The van der Waals surface area contributed by atoms with E-state index < -0.39 is 23.2 Å². The maximum Gasteiger partial charge on any atom is 0.416 e. The molecule has 3 nitrogen and oxygen atoms in total. The Balaban J connectivity index is 2.03. The molecular formula is C13H15F5N2O. The monoisotopic (exact) mass is 310 g/mol. The van der Waals surface area contributed by atoms with E-state index in [0.29, 0.717) is 6.07 Å². The molecule has 2 rings (SSSR count). The molecule has 0 spiro atoms. The molecule has 0 aliphatic carbocycles. The highest BCUT2D eigenvalue weighted by atomic mass is 19.4. The van der Waals surface area contributed by atoms with Gasteiger partial charge in [0.1, 0.15) is 0 Å². The minimum absolute atomic E-state index is 0.0283. The molecule has 1 aromatic heterocycles. The van der Waals surface area contributed by atoms with E-state index in [9.17, 15) is 26.7 Å². The smallest absolute Gasteiger partial charge is 0.329 e. The highest BCUT2D eigenvalue weighted by Gasteiger charge is 2.35. The Bertz CT molecular complexity index is 542. The van der Waals surface area contributed by atoms with Gasteiger partial charge in [-0.15, -0.1) is 0 Å². The lowest BCUT2D eigenvalue weighted by Gasteiger charge is -2.31. The van der Waals surface area contributed by atoms with Gasteiger partial charge in [-0.2, -0.15) is 13.2 Å². The van der Waals surface area contributed by atoms with Gasteiger partial charge in [0.05, 0.1) is 5.56 Å². The van der Waals surface area contributed by atoms with Crippen molar-refractivity contribution in [3.05, 3.63) is 33.7 Å². The maximum absolute atomic E-state index is 13.0. The molecule has 118 valence electrons. The SMILES string of the molecule is O=c1cc(C(F)(F)F)c(CCN2CCC(F)(F)CC2)c[nH]1. The van der Waals surface area contributed by atoms with Crippen molar-refractivity contribution in [3.8, 4) is 0 Å². The predicted octanol–water partition coefficient (Wildman–Crippen LogP) is 2.67. The summed E-state index contributed by atoms with van der Waals surface area (Å²) in [7, 11) is 0. The van der Waals surface area contributed by atoms with E-state index >= 15 is 0 Å². The Kier molecular flexibility index (Phi) is 4.36. The molecule has 1 saturated heterocycles. The first-order valence-electron chi connectivity index (χ1n) is 6.56. The molecule has 0 aromatic carbocycles. The molecule has 1 fully saturated rings. The average Bonchev–Trinajstić information content (AvgIpc) is 2.37. The Morgan fingerprint density at radius 3 is 2.43 bits per heavy atom. The van der Waals surface area contributed by atoms with Crippen LogP contribution in [0.1, 0.15) is 24.0 Å². The molecule has 0 unspecified atom stereocenters. The van der Waals surface area contributed by atoms with Gasteiger partial charge in [0.15, 0.2) is 0 Å². The summed E-state index contributed by atoms with van der Waals surface area (Å²) in [6.45, 7) is 0.584. The van der Waals surface area contributed by atoms with Gasteiger partial charge in [0.25, 0.3) is 5.92 Å². The number of piperidine rings is 1. The second-order valence-electron chi connectivity index (χ2n) is 5.18. The summed E-state index contributed by atoms with van der Waals surface area (Å²) in [5, 5.41) is 0. The molecule has 0 bridgehead atoms. The number of hydrogen-bond acceptors (Lipinski definition) is 2. The standard InChI is InChI=1S/C13H15F5N2O/c14-12(15)2-5-20(6-3-12)4-1-9-8-19-11(21)7-10(9)13(16,17)18/h7-8H,1-6H2,(H,19,21). The van der Waals surface area contributed by atoms with Gasteiger partial charge in [-0.05, 0) is 12.0 Å². The highest BCUT2D eigenvalue weighted by molar-refractivity contribution is 5.26. The Morgan fingerprint density at radius 1 is 1.24 bits per heavy atom. The Hall–Kier alpha value is -1.44. The second-order valence-corrected chi connectivity index (χ2v) is 5.18. The third kappa shape index (κ3) is 4.26. The lowest BCUT2D eigenvalue weighted by Crippen LogP contribution is -2.40. The first kappa shape index (κ1) is 15.9. The zero-order valence-corrected chi connectivity index (χ0v) is 11.1. The largest absolute Gasteiger partial charge is 0.416 e. The third-order valence-electron chi connectivity index (χ3n) is 3.60. The van der Waals surface area contributed by atoms with Crippen molar-refractivity contribution in [1.29, 1.82) is 0 Å². The summed E-state index contributed by atoms with van der Waals surface area (Å²) < 4.78 is 64.5. The van der Waals surface area contributed by atoms with Crippen LogP contribution in [-0.2, 0) is 12.6 Å². The van der Waals surface area contributed by atoms with Gasteiger partial charge in [-0.25, -0.2) is 8.78 Å². The van der Waals surface area contributed by atoms with Gasteiger partial charge in [0, 0.05) is 44.7 Å². The molecule has 0 saturated carbocycles. The van der Waals surface area contributed by atoms with Gasteiger partial charge < -0.3 is 9.88 Å². The lowest BCUT2D eigenvalue weighted by atomic mass is 10.0. The fourth-order valence-corrected chi connectivity index (χ4v) is 2.35. The van der Waals surface area contributed by atoms with Crippen LogP contribution in [0.15, 0.2) is 17.1 Å². The second kappa shape index (κ2) is 5.75. The van der Waals surface area contributed by atoms with Crippen LogP contribution >= 0.6 is 0 Å². The van der Waals surface area contributed by atoms with Crippen LogP contribution < -0.4 is 5.56 Å². The van der Waals surface area contributed by atoms with Crippen LogP contribution in [0.2, 0.25) is 0 Å². The average molecular weight is 310 g/mol. The summed E-state index contributed by atoms with van der Waals surface area (Å²) in [5.74, 6) is -2.67. The molecular weight excluding hydrogens is 295 g/mol. The molecule has 1 aromatic rings. The summed E-state index contributed by atoms with van der Waals surface area (Å²) in [6.07, 6.45) is -4.05. The van der Waals surface area contributed by atoms with E-state index in [-0.39, 0.29) is 44.5 Å². The van der Waals surface area contributed by atoms with Crippen molar-refractivity contribution in [3.63, 3.8) is 0 Å². The van der Waals surface area contributed by atoms with Crippen LogP contribution in [0.4, 0.5) is 22.0 Å². The van der Waals surface area contributed by atoms with E-state index in [1.165, 1.54) is 0 Å². The zero-order chi connectivity index (χ0) is 15.7. The van der Waals surface area contributed by atoms with Gasteiger partial charge >= 0.3 is 6.18 Å². The molecule has 21 heavy (non-hydrogen) atoms. The maximum atomic E-state index is 13.0. The summed E-state index contributed by atoms with van der Waals surface area (Å²) in [6, 6.07) is 0.527. The number of aromatic amines is 1. The van der Waals surface area contributed by atoms with Crippen molar-refractivity contribution >= 4 is 0 Å². The lowest BCUT2D eigenvalue weighted by molar-refractivity contribution is -0.138. The Labute approximate surface area is 117 Å². The summed E-state index contributed by atoms with van der Waals surface area (Å²) >= 11 is 0. The number of nitrogens with zero attached hydrogens (tertiary/aromatic N) is 1. The molecule has 1 aliphatic heterocycles. The molecule has 1 N–H and O–H groups in total. The van der Waals surface area contributed by atoms with Crippen LogP contribution in [0.25, 0.3) is 0 Å². The van der Waals surface area contributed by atoms with Crippen LogP contribution in [0.3, 0.4) is 0 Å². The number of aromatic nitrogens is 1. The molecule has 0 atom stereocenters. The van der Waals surface area contributed by atoms with Crippen molar-refractivity contribution in [2.24, 2.45) is 0 Å². The van der Waals surface area contributed by atoms with Crippen LogP contribution in [0.5, 0.6) is 0 Å². The van der Waals surface area contributed by atoms with Crippen molar-refractivity contribution in [2.75, 3.05) is 19.6 Å². The highest BCUT2D eigenvalue weighted by Crippen LogP contribution is 2.31. The predicted molar refractivity (Wildman–Crippen MR) is 66.4 cm³/mol. The molecule has 0 radical (unpaired) electrons. The number of halogens is 5. The summed E-state index contributed by atoms with van der Waals surface area (Å²) in [5.41, 5.74) is -1.81. The topological polar surface area (TPSA) is 36.1 Å². The van der Waals surface area contributed by atoms with E-state index in [1.54, 1.807) is 4.90 Å². The summed E-state index contributed by atoms with van der Waals surface area (Å²) in [4.78, 5) is 14.9. The Morgan fingerprint density at radius 2 is 1.86 bits per heavy atom. The van der Waals surface area contributed by atoms with Crippen molar-refractivity contribution < 1.29 is 22.0 Å². The minimum Gasteiger partial charge on any atom is -0.329 e. The zero-order valence-electron chi connectivity index (χ0n) is 11.1. The first-order chi connectivity index (χ1) is 9.67. The van der Waals surface area contributed by atoms with Crippen molar-refractivity contribution in [2.45, 2.75) is 31.4 Å². The number of pyridine rings is 1. The molecule has 0 amide bonds. The number of nitrogens with one attached hydrogen (secondary N) is 1. The molecule has 1 aliphatic rings. The number of hydrogen-bond donors (Lipinski definition) is 1. The van der Waals surface area contributed by atoms with Gasteiger partial charge in [0.2, 0.25) is 5.56 Å². The minimum atomic E-state index is -4.60. The normalized spacial score (nSPS) is 19.7. The van der Waals surface area contributed by atoms with E-state index in [2.05, 4.69) is 4.98 Å². The van der Waals surface area contributed by atoms with Gasteiger partial charge in [-0.3, -0.25) is 4.79 Å². The van der Waals surface area contributed by atoms with E-state index in [0.717, 1.165) is 6.20 Å². The molecule has 2 heterocycles. The number of likely N-dealkylation sites (tertiary alicyclic amines) is 1. The number of alkyl halides is 5. The molecule has 8 heteroatoms. The quantitative estimate of drug-likeness (QED) is 0.871. The van der Waals surface area contributed by atoms with Crippen LogP contribution in [-0.4, -0.2) is 35.4 Å². The van der Waals surface area contributed by atoms with E-state index in [1.807, 2.05) is 0 Å². The third-order valence-corrected chi connectivity index (χ3v) is 3.60. The number of H-pyrrole nitrogens is 1.